The van der Waals surface area contributed by atoms with Crippen LogP contribution in [0.4, 0.5) is 0 Å². The lowest BCUT2D eigenvalue weighted by Gasteiger charge is -2.60. The number of benzene rings is 3. The second kappa shape index (κ2) is 6.82. The Balaban J connectivity index is 1.44. The normalized spacial score (nSPS) is 30.6. The van der Waals surface area contributed by atoms with Crippen molar-refractivity contribution in [3.05, 3.63) is 65.7 Å². The van der Waals surface area contributed by atoms with Gasteiger partial charge in [0.15, 0.2) is 0 Å². The fourth-order valence-electron chi connectivity index (χ4n) is 7.39. The van der Waals surface area contributed by atoms with Crippen molar-refractivity contribution in [2.45, 2.75) is 49.5 Å². The van der Waals surface area contributed by atoms with Gasteiger partial charge in [0.25, 0.3) is 0 Å². The molecule has 0 aliphatic heterocycles. The molecule has 7 rings (SSSR count). The molecule has 0 amide bonds. The summed E-state index contributed by atoms with van der Waals surface area (Å²) in [6, 6.07) is 17.9. The van der Waals surface area contributed by atoms with Crippen LogP contribution in [0.15, 0.2) is 54.6 Å². The maximum absolute atomic E-state index is 11.3. The van der Waals surface area contributed by atoms with E-state index in [4.69, 9.17) is 4.74 Å². The summed E-state index contributed by atoms with van der Waals surface area (Å²) in [7, 11) is 1.74. The van der Waals surface area contributed by atoms with Crippen molar-refractivity contribution in [3.63, 3.8) is 0 Å². The van der Waals surface area contributed by atoms with Crippen molar-refractivity contribution in [2.75, 3.05) is 7.11 Å². The van der Waals surface area contributed by atoms with Gasteiger partial charge in [-0.3, -0.25) is 0 Å². The molecule has 0 aromatic heterocycles. The molecule has 4 nitrogen and oxygen atoms in total. The summed E-state index contributed by atoms with van der Waals surface area (Å²) >= 11 is 0. The first-order valence-corrected chi connectivity index (χ1v) is 11.5. The second-order valence-electron chi connectivity index (χ2n) is 10.5. The first-order valence-electron chi connectivity index (χ1n) is 11.5. The van der Waals surface area contributed by atoms with Crippen LogP contribution < -0.4 is 4.74 Å². The maximum atomic E-state index is 11.3. The highest BCUT2D eigenvalue weighted by molar-refractivity contribution is 5.95. The molecular formula is C28H28O4. The molecule has 4 bridgehead atoms. The molecule has 4 fully saturated rings. The van der Waals surface area contributed by atoms with Gasteiger partial charge in [0.2, 0.25) is 0 Å². The molecule has 4 saturated carbocycles. The molecule has 4 atom stereocenters. The molecule has 0 saturated heterocycles. The Morgan fingerprint density at radius 1 is 0.906 bits per heavy atom. The number of fused-ring (bicyclic) bond motifs is 1. The van der Waals surface area contributed by atoms with Gasteiger partial charge in [0.05, 0.1) is 18.3 Å². The number of carbonyl (C=O) groups is 1. The Labute approximate surface area is 187 Å². The van der Waals surface area contributed by atoms with Crippen LogP contribution in [0.25, 0.3) is 21.9 Å². The summed E-state index contributed by atoms with van der Waals surface area (Å²) in [6.45, 7) is 0. The van der Waals surface area contributed by atoms with Crippen LogP contribution in [-0.2, 0) is 5.41 Å². The lowest BCUT2D eigenvalue weighted by Crippen LogP contribution is -2.57. The van der Waals surface area contributed by atoms with E-state index in [-0.39, 0.29) is 5.41 Å². The predicted molar refractivity (Wildman–Crippen MR) is 124 cm³/mol. The number of aromatic carboxylic acids is 1. The highest BCUT2D eigenvalue weighted by atomic mass is 16.5. The molecule has 0 spiro atoms. The van der Waals surface area contributed by atoms with E-state index >= 15 is 0 Å². The van der Waals surface area contributed by atoms with Crippen LogP contribution in [0.2, 0.25) is 0 Å². The monoisotopic (exact) mass is 428 g/mol. The van der Waals surface area contributed by atoms with Gasteiger partial charge >= 0.3 is 5.97 Å². The quantitative estimate of drug-likeness (QED) is 0.551. The zero-order valence-corrected chi connectivity index (χ0v) is 18.3. The minimum Gasteiger partial charge on any atom is -0.496 e. The predicted octanol–water partition coefficient (Wildman–Crippen LogP) is 5.80. The standard InChI is InChI=1S/C28H28O4/c1-32-25-7-6-22(20-2-3-21-10-23(26(29)30)5-4-19(21)9-20)11-24(25)27-12-17-8-18(13-27)15-28(31,14-17)16-27/h2-7,9-11,17-18,31H,8,12-16H2,1H3,(H,29,30)/t17-,18+,27?,28?. The highest BCUT2D eigenvalue weighted by Crippen LogP contribution is 2.63. The van der Waals surface area contributed by atoms with E-state index in [2.05, 4.69) is 30.3 Å². The van der Waals surface area contributed by atoms with E-state index in [9.17, 15) is 15.0 Å². The van der Waals surface area contributed by atoms with E-state index in [1.807, 2.05) is 12.1 Å². The van der Waals surface area contributed by atoms with Crippen molar-refractivity contribution in [1.29, 1.82) is 0 Å². The number of ether oxygens (including phenoxy) is 1. The zero-order valence-electron chi connectivity index (χ0n) is 18.3. The molecule has 4 aliphatic rings. The van der Waals surface area contributed by atoms with Crippen molar-refractivity contribution in [2.24, 2.45) is 11.8 Å². The van der Waals surface area contributed by atoms with Gasteiger partial charge in [-0.2, -0.15) is 0 Å². The van der Waals surface area contributed by atoms with E-state index < -0.39 is 11.6 Å². The lowest BCUT2D eigenvalue weighted by molar-refractivity contribution is -0.137. The number of rotatable bonds is 4. The van der Waals surface area contributed by atoms with E-state index in [0.717, 1.165) is 59.8 Å². The minimum absolute atomic E-state index is 0.00652. The number of hydrogen-bond donors (Lipinski definition) is 2. The third-order valence-corrected chi connectivity index (χ3v) is 8.22. The van der Waals surface area contributed by atoms with Gasteiger partial charge in [0, 0.05) is 11.0 Å². The molecule has 2 unspecified atom stereocenters. The summed E-state index contributed by atoms with van der Waals surface area (Å²) in [5.41, 5.74) is 3.26. The van der Waals surface area contributed by atoms with Gasteiger partial charge < -0.3 is 14.9 Å². The van der Waals surface area contributed by atoms with Crippen LogP contribution in [0.5, 0.6) is 5.75 Å². The largest absolute Gasteiger partial charge is 0.496 e. The van der Waals surface area contributed by atoms with Crippen LogP contribution in [0.1, 0.15) is 54.4 Å². The molecule has 3 aromatic carbocycles. The molecule has 2 N–H and O–H groups in total. The highest BCUT2D eigenvalue weighted by Gasteiger charge is 2.58. The van der Waals surface area contributed by atoms with Crippen LogP contribution >= 0.6 is 0 Å². The summed E-state index contributed by atoms with van der Waals surface area (Å²) in [6.07, 6.45) is 6.28. The number of hydrogen-bond acceptors (Lipinski definition) is 3. The number of aliphatic hydroxyl groups is 1. The molecular weight excluding hydrogens is 400 g/mol. The summed E-state index contributed by atoms with van der Waals surface area (Å²) < 4.78 is 5.83. The molecule has 164 valence electrons. The van der Waals surface area contributed by atoms with Gasteiger partial charge in [-0.05, 0) is 103 Å². The smallest absolute Gasteiger partial charge is 0.335 e. The van der Waals surface area contributed by atoms with Gasteiger partial charge in [-0.25, -0.2) is 4.79 Å². The molecule has 4 aliphatic carbocycles. The third kappa shape index (κ3) is 3.04. The Bertz CT molecular complexity index is 1230. The maximum Gasteiger partial charge on any atom is 0.335 e. The topological polar surface area (TPSA) is 66.8 Å². The molecule has 32 heavy (non-hydrogen) atoms. The van der Waals surface area contributed by atoms with Gasteiger partial charge in [-0.15, -0.1) is 0 Å². The first-order chi connectivity index (χ1) is 15.4. The SMILES string of the molecule is COc1ccc(-c2ccc3cc(C(=O)O)ccc3c2)cc1C12C[C@@H]3C[C@@H](CC(O)(C3)C1)C2. The van der Waals surface area contributed by atoms with Crippen LogP contribution in [-0.4, -0.2) is 28.9 Å². The number of carboxylic acids is 1. The Morgan fingerprint density at radius 3 is 2.25 bits per heavy atom. The number of methoxy groups -OCH3 is 1. The third-order valence-electron chi connectivity index (χ3n) is 8.22. The fraction of sp³-hybridized carbons (Fsp3) is 0.393. The van der Waals surface area contributed by atoms with Crippen LogP contribution in [0, 0.1) is 11.8 Å². The first kappa shape index (κ1) is 19.8. The zero-order chi connectivity index (χ0) is 22.1. The Morgan fingerprint density at radius 2 is 1.56 bits per heavy atom. The molecule has 0 radical (unpaired) electrons. The van der Waals surface area contributed by atoms with Crippen LogP contribution in [0.3, 0.4) is 0 Å². The average molecular weight is 429 g/mol. The van der Waals surface area contributed by atoms with E-state index in [0.29, 0.717) is 17.4 Å². The van der Waals surface area contributed by atoms with Gasteiger partial charge in [0.1, 0.15) is 5.75 Å². The Hall–Kier alpha value is -2.85. The minimum atomic E-state index is -0.909. The summed E-state index contributed by atoms with van der Waals surface area (Å²) in [5.74, 6) is 1.23. The molecule has 0 heterocycles. The van der Waals surface area contributed by atoms with E-state index in [1.54, 1.807) is 19.2 Å². The van der Waals surface area contributed by atoms with Gasteiger partial charge in [-0.1, -0.05) is 24.3 Å². The summed E-state index contributed by atoms with van der Waals surface area (Å²) in [5, 5.41) is 22.5. The molecule has 3 aromatic rings. The van der Waals surface area contributed by atoms with E-state index in [1.165, 1.54) is 12.0 Å². The van der Waals surface area contributed by atoms with Crippen molar-refractivity contribution in [3.8, 4) is 16.9 Å². The Kier molecular flexibility index (Phi) is 4.22. The van der Waals surface area contributed by atoms with Crippen molar-refractivity contribution >= 4 is 16.7 Å². The average Bonchev–Trinajstić information content (AvgIpc) is 2.76. The van der Waals surface area contributed by atoms with Crippen molar-refractivity contribution < 1.29 is 19.7 Å². The second-order valence-corrected chi connectivity index (χ2v) is 10.5. The lowest BCUT2D eigenvalue weighted by atomic mass is 9.46. The molecule has 4 heteroatoms. The fourth-order valence-corrected chi connectivity index (χ4v) is 7.39. The number of carboxylic acid groups (broad SMARTS) is 1. The van der Waals surface area contributed by atoms with Crippen molar-refractivity contribution in [1.82, 2.24) is 0 Å². The summed E-state index contributed by atoms with van der Waals surface area (Å²) in [4.78, 5) is 11.3.